The summed E-state index contributed by atoms with van der Waals surface area (Å²) in [5.74, 6) is 1.10. The van der Waals surface area contributed by atoms with E-state index in [0.717, 1.165) is 17.9 Å². The van der Waals surface area contributed by atoms with Crippen molar-refractivity contribution in [3.63, 3.8) is 0 Å². The summed E-state index contributed by atoms with van der Waals surface area (Å²) in [5, 5.41) is 0.890. The molecule has 0 saturated carbocycles. The van der Waals surface area contributed by atoms with Gasteiger partial charge in [-0.3, -0.25) is 0 Å². The largest absolute Gasteiger partial charge is 0.323 e. The number of allylic oxidation sites excluding steroid dienone is 1. The average Bonchev–Trinajstić information content (AvgIpc) is 2.26. The van der Waals surface area contributed by atoms with Gasteiger partial charge in [-0.25, -0.2) is 0 Å². The van der Waals surface area contributed by atoms with Gasteiger partial charge in [-0.2, -0.15) is 0 Å². The Hall–Kier alpha value is -0.500. The maximum atomic E-state index is 6.27. The number of halogens is 2. The zero-order chi connectivity index (χ0) is 10.4. The lowest BCUT2D eigenvalue weighted by molar-refractivity contribution is 0.385. The molecule has 1 aromatic rings. The highest BCUT2D eigenvalue weighted by Crippen LogP contribution is 2.47. The summed E-state index contributed by atoms with van der Waals surface area (Å²) < 4.78 is 0. The summed E-state index contributed by atoms with van der Waals surface area (Å²) in [6, 6.07) is 6.24. The van der Waals surface area contributed by atoms with Crippen LogP contribution in [0.15, 0.2) is 30.4 Å². The van der Waals surface area contributed by atoms with Crippen molar-refractivity contribution in [1.82, 2.24) is 0 Å². The van der Waals surface area contributed by atoms with Gasteiger partial charge in [0.05, 0.1) is 0 Å². The fourth-order valence-corrected chi connectivity index (χ4v) is 3.26. The molecule has 2 N–H and O–H groups in total. The first-order valence-corrected chi connectivity index (χ1v) is 5.85. The van der Waals surface area contributed by atoms with Gasteiger partial charge in [-0.05, 0) is 41.9 Å². The van der Waals surface area contributed by atoms with E-state index in [1.807, 2.05) is 12.1 Å². The van der Waals surface area contributed by atoms with Crippen molar-refractivity contribution in [3.05, 3.63) is 46.5 Å². The smallest absolute Gasteiger partial charge is 0.0444 e. The number of fused-ring (bicyclic) bond motifs is 4. The summed E-state index contributed by atoms with van der Waals surface area (Å²) in [6.45, 7) is 0. The SMILES string of the molecule is Cl.NC1c2cccc(Cl)c2C2CC=CC1C2. The highest BCUT2D eigenvalue weighted by molar-refractivity contribution is 6.31. The van der Waals surface area contributed by atoms with Crippen molar-refractivity contribution < 1.29 is 0 Å². The molecule has 86 valence electrons. The van der Waals surface area contributed by atoms with Crippen LogP contribution >= 0.6 is 24.0 Å². The van der Waals surface area contributed by atoms with E-state index in [-0.39, 0.29) is 18.4 Å². The van der Waals surface area contributed by atoms with Gasteiger partial charge >= 0.3 is 0 Å². The highest BCUT2D eigenvalue weighted by Gasteiger charge is 2.34. The van der Waals surface area contributed by atoms with Crippen molar-refractivity contribution in [2.24, 2.45) is 11.7 Å². The predicted molar refractivity (Wildman–Crippen MR) is 70.2 cm³/mol. The van der Waals surface area contributed by atoms with Gasteiger partial charge in [-0.1, -0.05) is 35.9 Å². The third-order valence-corrected chi connectivity index (χ3v) is 4.01. The molecule has 0 aromatic heterocycles. The number of rotatable bonds is 0. The van der Waals surface area contributed by atoms with Gasteiger partial charge in [0.25, 0.3) is 0 Å². The summed E-state index contributed by atoms with van der Waals surface area (Å²) in [5.41, 5.74) is 8.81. The zero-order valence-corrected chi connectivity index (χ0v) is 10.5. The molecule has 1 aromatic carbocycles. The molecule has 2 aliphatic rings. The van der Waals surface area contributed by atoms with E-state index in [9.17, 15) is 0 Å². The van der Waals surface area contributed by atoms with E-state index in [0.29, 0.717) is 11.8 Å². The van der Waals surface area contributed by atoms with E-state index in [1.165, 1.54) is 11.1 Å². The van der Waals surface area contributed by atoms with E-state index < -0.39 is 0 Å². The predicted octanol–water partition coefficient (Wildman–Crippen LogP) is 3.83. The molecule has 0 radical (unpaired) electrons. The van der Waals surface area contributed by atoms with Crippen LogP contribution in [-0.4, -0.2) is 0 Å². The van der Waals surface area contributed by atoms with Gasteiger partial charge in [0.1, 0.15) is 0 Å². The number of benzene rings is 1. The fourth-order valence-electron chi connectivity index (χ4n) is 2.93. The minimum atomic E-state index is 0. The molecule has 2 aliphatic carbocycles. The second kappa shape index (κ2) is 4.40. The topological polar surface area (TPSA) is 26.0 Å². The van der Waals surface area contributed by atoms with Crippen LogP contribution < -0.4 is 5.73 Å². The van der Waals surface area contributed by atoms with Gasteiger partial charge in [-0.15, -0.1) is 12.4 Å². The van der Waals surface area contributed by atoms with E-state index in [1.54, 1.807) is 0 Å². The molecular formula is C13H15Cl2N. The number of hydrogen-bond acceptors (Lipinski definition) is 1. The van der Waals surface area contributed by atoms with Crippen molar-refractivity contribution in [2.75, 3.05) is 0 Å². The molecule has 0 spiro atoms. The third kappa shape index (κ3) is 1.67. The van der Waals surface area contributed by atoms with Crippen LogP contribution in [0.1, 0.15) is 35.9 Å². The monoisotopic (exact) mass is 255 g/mol. The minimum Gasteiger partial charge on any atom is -0.323 e. The third-order valence-electron chi connectivity index (χ3n) is 3.68. The molecule has 0 saturated heterocycles. The molecule has 0 heterocycles. The summed E-state index contributed by atoms with van der Waals surface area (Å²) in [7, 11) is 0. The van der Waals surface area contributed by atoms with Gasteiger partial charge in [0, 0.05) is 11.1 Å². The maximum Gasteiger partial charge on any atom is 0.0444 e. The highest BCUT2D eigenvalue weighted by atomic mass is 35.5. The van der Waals surface area contributed by atoms with Crippen molar-refractivity contribution >= 4 is 24.0 Å². The lowest BCUT2D eigenvalue weighted by atomic mass is 9.70. The van der Waals surface area contributed by atoms with Crippen LogP contribution in [0.3, 0.4) is 0 Å². The van der Waals surface area contributed by atoms with Crippen molar-refractivity contribution in [3.8, 4) is 0 Å². The Balaban J connectivity index is 0.000000963. The van der Waals surface area contributed by atoms with Crippen molar-refractivity contribution in [1.29, 1.82) is 0 Å². The van der Waals surface area contributed by atoms with Crippen LogP contribution in [0, 0.1) is 5.92 Å². The van der Waals surface area contributed by atoms with Crippen molar-refractivity contribution in [2.45, 2.75) is 24.8 Å². The molecule has 1 nitrogen and oxygen atoms in total. The molecule has 3 unspecified atom stereocenters. The Morgan fingerprint density at radius 3 is 2.94 bits per heavy atom. The standard InChI is InChI=1S/C13H14ClN.ClH/c14-11-6-2-5-10-12(11)8-3-1-4-9(7-8)13(10)15;/h1-2,4-6,8-9,13H,3,7,15H2;1H. The Labute approximate surface area is 107 Å². The average molecular weight is 256 g/mol. The van der Waals surface area contributed by atoms with Gasteiger partial charge in [0.15, 0.2) is 0 Å². The minimum absolute atomic E-state index is 0. The quantitative estimate of drug-likeness (QED) is 0.701. The molecule has 3 heteroatoms. The van der Waals surface area contributed by atoms with E-state index in [2.05, 4.69) is 18.2 Å². The van der Waals surface area contributed by atoms with Gasteiger partial charge in [0.2, 0.25) is 0 Å². The summed E-state index contributed by atoms with van der Waals surface area (Å²) in [6.07, 6.45) is 6.80. The second-order valence-corrected chi connectivity index (χ2v) is 4.94. The summed E-state index contributed by atoms with van der Waals surface area (Å²) in [4.78, 5) is 0. The van der Waals surface area contributed by atoms with Crippen LogP contribution in [-0.2, 0) is 0 Å². The lowest BCUT2D eigenvalue weighted by Gasteiger charge is -2.37. The number of hydrogen-bond donors (Lipinski definition) is 1. The zero-order valence-electron chi connectivity index (χ0n) is 8.90. The summed E-state index contributed by atoms with van der Waals surface area (Å²) >= 11 is 6.27. The Morgan fingerprint density at radius 2 is 2.12 bits per heavy atom. The molecule has 3 rings (SSSR count). The Bertz CT molecular complexity index is 428. The van der Waals surface area contributed by atoms with Crippen LogP contribution in [0.2, 0.25) is 5.02 Å². The normalized spacial score (nSPS) is 30.5. The molecule has 0 amide bonds. The van der Waals surface area contributed by atoms with Crippen LogP contribution in [0.25, 0.3) is 0 Å². The first-order valence-electron chi connectivity index (χ1n) is 5.48. The molecule has 16 heavy (non-hydrogen) atoms. The van der Waals surface area contributed by atoms with Crippen LogP contribution in [0.4, 0.5) is 0 Å². The molecule has 0 fully saturated rings. The molecule has 3 atom stereocenters. The molecule has 0 aliphatic heterocycles. The van der Waals surface area contributed by atoms with E-state index >= 15 is 0 Å². The second-order valence-electron chi connectivity index (χ2n) is 4.53. The molecular weight excluding hydrogens is 241 g/mol. The first-order chi connectivity index (χ1) is 7.27. The van der Waals surface area contributed by atoms with Crippen LogP contribution in [0.5, 0.6) is 0 Å². The first kappa shape index (κ1) is 12.0. The maximum absolute atomic E-state index is 6.27. The fraction of sp³-hybridized carbons (Fsp3) is 0.385. The molecule has 2 bridgehead atoms. The Kier molecular flexibility index (Phi) is 3.29. The lowest BCUT2D eigenvalue weighted by Crippen LogP contribution is -2.30. The number of nitrogens with two attached hydrogens (primary N) is 1. The Morgan fingerprint density at radius 1 is 1.31 bits per heavy atom. The van der Waals surface area contributed by atoms with Gasteiger partial charge < -0.3 is 5.73 Å². The van der Waals surface area contributed by atoms with E-state index in [4.69, 9.17) is 17.3 Å².